The standard InChI is InChI=1S/C22H27ClN2O.ClH/c1-22(2)14-18-19(23)11-10-17(21(18)26-22)13-16-9-6-12-25(24)20(16)15-7-4-3-5-8-15;/h3-5,7-8,10-11,16,20H,6,9,12-14,24H2,1-2H3;1H/t16-,20+;/m0./s1. The SMILES string of the molecule is CC1(C)Cc2c(Cl)ccc(C[C@@H]3CCCN(N)[C@@H]3c3ccccc3)c2O1.Cl. The Labute approximate surface area is 173 Å². The quantitative estimate of drug-likeness (QED) is 0.698. The first-order valence-electron chi connectivity index (χ1n) is 9.50. The van der Waals surface area contributed by atoms with Crippen molar-refractivity contribution in [3.8, 4) is 5.75 Å². The fourth-order valence-electron chi connectivity index (χ4n) is 4.56. The molecule has 2 aliphatic rings. The molecule has 1 saturated heterocycles. The van der Waals surface area contributed by atoms with E-state index in [0.717, 1.165) is 42.1 Å². The van der Waals surface area contributed by atoms with Crippen LogP contribution in [-0.4, -0.2) is 17.2 Å². The minimum atomic E-state index is -0.187. The molecular weight excluding hydrogens is 379 g/mol. The number of piperidine rings is 1. The van der Waals surface area contributed by atoms with Crippen LogP contribution in [0, 0.1) is 5.92 Å². The summed E-state index contributed by atoms with van der Waals surface area (Å²) in [7, 11) is 0. The molecule has 1 fully saturated rings. The van der Waals surface area contributed by atoms with E-state index in [9.17, 15) is 0 Å². The average molecular weight is 407 g/mol. The predicted octanol–water partition coefficient (Wildman–Crippen LogP) is 5.34. The van der Waals surface area contributed by atoms with Crippen molar-refractivity contribution >= 4 is 24.0 Å². The summed E-state index contributed by atoms with van der Waals surface area (Å²) in [5.41, 5.74) is 3.53. The van der Waals surface area contributed by atoms with Gasteiger partial charge in [0.05, 0.1) is 6.04 Å². The highest BCUT2D eigenvalue weighted by Gasteiger charge is 2.36. The summed E-state index contributed by atoms with van der Waals surface area (Å²) in [6.45, 7) is 5.20. The topological polar surface area (TPSA) is 38.5 Å². The number of benzene rings is 2. The molecule has 0 aliphatic carbocycles. The van der Waals surface area contributed by atoms with Crippen molar-refractivity contribution in [2.24, 2.45) is 11.8 Å². The van der Waals surface area contributed by atoms with Crippen LogP contribution in [0.25, 0.3) is 0 Å². The van der Waals surface area contributed by atoms with E-state index in [4.69, 9.17) is 22.2 Å². The molecule has 0 aromatic heterocycles. The van der Waals surface area contributed by atoms with E-state index >= 15 is 0 Å². The normalized spacial score (nSPS) is 24.0. The van der Waals surface area contributed by atoms with E-state index in [0.29, 0.717) is 5.92 Å². The van der Waals surface area contributed by atoms with Gasteiger partial charge in [0.25, 0.3) is 0 Å². The minimum Gasteiger partial charge on any atom is -0.487 e. The minimum absolute atomic E-state index is 0. The van der Waals surface area contributed by atoms with E-state index in [1.54, 1.807) is 0 Å². The molecule has 0 saturated carbocycles. The summed E-state index contributed by atoms with van der Waals surface area (Å²) in [6, 6.07) is 15.0. The summed E-state index contributed by atoms with van der Waals surface area (Å²) >= 11 is 6.45. The number of hydrazine groups is 1. The number of hydrogen-bond acceptors (Lipinski definition) is 3. The lowest BCUT2D eigenvalue weighted by atomic mass is 9.81. The van der Waals surface area contributed by atoms with E-state index < -0.39 is 0 Å². The zero-order chi connectivity index (χ0) is 18.3. The van der Waals surface area contributed by atoms with Crippen molar-refractivity contribution in [1.29, 1.82) is 0 Å². The Balaban J connectivity index is 0.00000210. The number of nitrogens with two attached hydrogens (primary N) is 1. The molecule has 146 valence electrons. The smallest absolute Gasteiger partial charge is 0.128 e. The molecule has 2 aliphatic heterocycles. The first kappa shape index (κ1) is 20.5. The van der Waals surface area contributed by atoms with Crippen molar-refractivity contribution < 1.29 is 4.74 Å². The zero-order valence-corrected chi connectivity index (χ0v) is 17.5. The third-order valence-corrected chi connectivity index (χ3v) is 6.04. The maximum atomic E-state index is 6.45. The van der Waals surface area contributed by atoms with Gasteiger partial charge < -0.3 is 4.74 Å². The molecule has 2 aromatic rings. The highest BCUT2D eigenvalue weighted by atomic mass is 35.5. The van der Waals surface area contributed by atoms with Crippen LogP contribution in [0.15, 0.2) is 42.5 Å². The zero-order valence-electron chi connectivity index (χ0n) is 16.0. The molecule has 4 rings (SSSR count). The second-order valence-electron chi connectivity index (χ2n) is 8.25. The van der Waals surface area contributed by atoms with Crippen molar-refractivity contribution in [3.05, 3.63) is 64.2 Å². The van der Waals surface area contributed by atoms with Crippen LogP contribution < -0.4 is 10.6 Å². The molecule has 0 spiro atoms. The van der Waals surface area contributed by atoms with Crippen molar-refractivity contribution in [2.75, 3.05) is 6.54 Å². The van der Waals surface area contributed by atoms with Gasteiger partial charge in [-0.15, -0.1) is 12.4 Å². The Morgan fingerprint density at radius 3 is 2.67 bits per heavy atom. The second kappa shape index (κ2) is 8.00. The number of halogens is 2. The Morgan fingerprint density at radius 1 is 1.19 bits per heavy atom. The highest BCUT2D eigenvalue weighted by molar-refractivity contribution is 6.31. The van der Waals surface area contributed by atoms with Gasteiger partial charge in [0.15, 0.2) is 0 Å². The van der Waals surface area contributed by atoms with Crippen molar-refractivity contribution in [2.45, 2.75) is 51.2 Å². The molecular formula is C22H28Cl2N2O. The van der Waals surface area contributed by atoms with Crippen LogP contribution in [0.1, 0.15) is 49.4 Å². The number of rotatable bonds is 3. The van der Waals surface area contributed by atoms with Gasteiger partial charge in [-0.25, -0.2) is 5.01 Å². The number of nitrogens with zero attached hydrogens (tertiary/aromatic N) is 1. The van der Waals surface area contributed by atoms with Gasteiger partial charge in [-0.2, -0.15) is 0 Å². The second-order valence-corrected chi connectivity index (χ2v) is 8.66. The lowest BCUT2D eigenvalue weighted by Crippen LogP contribution is -2.44. The third-order valence-electron chi connectivity index (χ3n) is 5.68. The molecule has 0 unspecified atom stereocenters. The number of ether oxygens (including phenoxy) is 1. The van der Waals surface area contributed by atoms with Gasteiger partial charge in [0.1, 0.15) is 11.4 Å². The fraction of sp³-hybridized carbons (Fsp3) is 0.455. The van der Waals surface area contributed by atoms with Gasteiger partial charge in [-0.1, -0.05) is 48.0 Å². The van der Waals surface area contributed by atoms with Crippen LogP contribution in [0.2, 0.25) is 5.02 Å². The average Bonchev–Trinajstić information content (AvgIpc) is 2.95. The summed E-state index contributed by atoms with van der Waals surface area (Å²) in [6.07, 6.45) is 4.13. The maximum absolute atomic E-state index is 6.45. The van der Waals surface area contributed by atoms with E-state index in [1.807, 2.05) is 11.1 Å². The first-order valence-corrected chi connectivity index (χ1v) is 9.88. The molecule has 0 radical (unpaired) electrons. The molecule has 2 heterocycles. The summed E-state index contributed by atoms with van der Waals surface area (Å²) < 4.78 is 6.29. The van der Waals surface area contributed by atoms with E-state index in [1.165, 1.54) is 17.5 Å². The monoisotopic (exact) mass is 406 g/mol. The number of fused-ring (bicyclic) bond motifs is 1. The lowest BCUT2D eigenvalue weighted by molar-refractivity contribution is 0.0909. The molecule has 27 heavy (non-hydrogen) atoms. The van der Waals surface area contributed by atoms with Crippen LogP contribution in [0.3, 0.4) is 0 Å². The van der Waals surface area contributed by atoms with E-state index in [-0.39, 0.29) is 24.0 Å². The molecule has 3 nitrogen and oxygen atoms in total. The van der Waals surface area contributed by atoms with Crippen LogP contribution in [0.4, 0.5) is 0 Å². The number of hydrogen-bond donors (Lipinski definition) is 1. The third kappa shape index (κ3) is 4.12. The maximum Gasteiger partial charge on any atom is 0.128 e. The van der Waals surface area contributed by atoms with Gasteiger partial charge in [-0.3, -0.25) is 5.84 Å². The van der Waals surface area contributed by atoms with E-state index in [2.05, 4.69) is 50.2 Å². The molecule has 5 heteroatoms. The largest absolute Gasteiger partial charge is 0.487 e. The van der Waals surface area contributed by atoms with Gasteiger partial charge in [0, 0.05) is 23.6 Å². The van der Waals surface area contributed by atoms with Gasteiger partial charge in [-0.05, 0) is 56.2 Å². The lowest BCUT2D eigenvalue weighted by Gasteiger charge is -2.39. The molecule has 0 bridgehead atoms. The molecule has 2 aromatic carbocycles. The van der Waals surface area contributed by atoms with Crippen LogP contribution in [-0.2, 0) is 12.8 Å². The Hall–Kier alpha value is -1.26. The molecule has 2 atom stereocenters. The molecule has 0 amide bonds. The van der Waals surface area contributed by atoms with Crippen molar-refractivity contribution in [1.82, 2.24) is 5.01 Å². The van der Waals surface area contributed by atoms with Crippen molar-refractivity contribution in [3.63, 3.8) is 0 Å². The van der Waals surface area contributed by atoms with Crippen LogP contribution in [0.5, 0.6) is 5.75 Å². The Kier molecular flexibility index (Phi) is 6.07. The van der Waals surface area contributed by atoms with Crippen LogP contribution >= 0.6 is 24.0 Å². The summed E-state index contributed by atoms with van der Waals surface area (Å²) in [5.74, 6) is 7.89. The Morgan fingerprint density at radius 2 is 1.93 bits per heavy atom. The van der Waals surface area contributed by atoms with Gasteiger partial charge in [0.2, 0.25) is 0 Å². The molecule has 2 N–H and O–H groups in total. The van der Waals surface area contributed by atoms with Gasteiger partial charge >= 0.3 is 0 Å². The Bertz CT molecular complexity index is 794. The summed E-state index contributed by atoms with van der Waals surface area (Å²) in [5, 5.41) is 2.84. The predicted molar refractivity (Wildman–Crippen MR) is 114 cm³/mol. The summed E-state index contributed by atoms with van der Waals surface area (Å²) in [4.78, 5) is 0. The highest BCUT2D eigenvalue weighted by Crippen LogP contribution is 2.44. The fourth-order valence-corrected chi connectivity index (χ4v) is 4.77. The first-order chi connectivity index (χ1) is 12.4.